The molecule has 0 atom stereocenters. The highest BCUT2D eigenvalue weighted by atomic mass is 16.5. The van der Waals surface area contributed by atoms with Gasteiger partial charge in [0.2, 0.25) is 0 Å². The van der Waals surface area contributed by atoms with Gasteiger partial charge >= 0.3 is 0 Å². The molecule has 1 heterocycles. The molecule has 0 N–H and O–H groups in total. The zero-order valence-electron chi connectivity index (χ0n) is 25.3. The zero-order chi connectivity index (χ0) is 30.1. The molecule has 0 bridgehead atoms. The fraction of sp³-hybridized carbons (Fsp3) is 0.0698. The maximum absolute atomic E-state index is 6.35. The van der Waals surface area contributed by atoms with Crippen LogP contribution >= 0.6 is 0 Å². The second kappa shape index (κ2) is 9.70. The quantitative estimate of drug-likeness (QED) is 0.206. The lowest BCUT2D eigenvalue weighted by Gasteiger charge is -2.28. The molecule has 0 amide bonds. The summed E-state index contributed by atoms with van der Waals surface area (Å²) in [6.45, 7) is 4.68. The minimum absolute atomic E-state index is 0.0625. The van der Waals surface area contributed by atoms with E-state index in [-0.39, 0.29) is 5.41 Å². The molecule has 2 heteroatoms. The number of ether oxygens (including phenoxy) is 1. The van der Waals surface area contributed by atoms with Crippen molar-refractivity contribution in [1.82, 2.24) is 0 Å². The van der Waals surface area contributed by atoms with Gasteiger partial charge in [-0.1, -0.05) is 117 Å². The van der Waals surface area contributed by atoms with Crippen molar-refractivity contribution in [2.45, 2.75) is 19.3 Å². The summed E-state index contributed by atoms with van der Waals surface area (Å²) in [5.74, 6) is 1.83. The van der Waals surface area contributed by atoms with Crippen LogP contribution in [0.2, 0.25) is 0 Å². The minimum atomic E-state index is -0.0625. The van der Waals surface area contributed by atoms with Gasteiger partial charge in [0, 0.05) is 33.4 Å². The van der Waals surface area contributed by atoms with E-state index in [4.69, 9.17) is 4.74 Å². The van der Waals surface area contributed by atoms with Gasteiger partial charge in [0.25, 0.3) is 0 Å². The fourth-order valence-electron chi connectivity index (χ4n) is 7.48. The Morgan fingerprint density at radius 2 is 1.09 bits per heavy atom. The Hall–Kier alpha value is -5.60. The Balaban J connectivity index is 1.15. The van der Waals surface area contributed by atoms with Gasteiger partial charge in [0.15, 0.2) is 0 Å². The monoisotopic (exact) mass is 577 g/mol. The summed E-state index contributed by atoms with van der Waals surface area (Å²) in [7, 11) is 0. The maximum atomic E-state index is 6.35. The average molecular weight is 578 g/mol. The third-order valence-corrected chi connectivity index (χ3v) is 9.68. The number of nitrogens with zero attached hydrogens (tertiary/aromatic N) is 1. The maximum Gasteiger partial charge on any atom is 0.135 e. The average Bonchev–Trinajstić information content (AvgIpc) is 3.32. The van der Waals surface area contributed by atoms with Gasteiger partial charge < -0.3 is 9.64 Å². The van der Waals surface area contributed by atoms with E-state index in [2.05, 4.69) is 158 Å². The molecule has 214 valence electrons. The number of anilines is 3. The molecule has 0 aromatic heterocycles. The summed E-state index contributed by atoms with van der Waals surface area (Å²) in [4.78, 5) is 2.37. The highest BCUT2D eigenvalue weighted by Gasteiger charge is 2.35. The van der Waals surface area contributed by atoms with Gasteiger partial charge in [0.1, 0.15) is 11.5 Å². The minimum Gasteiger partial charge on any atom is -0.456 e. The molecule has 0 radical (unpaired) electrons. The third kappa shape index (κ3) is 3.89. The first-order valence-electron chi connectivity index (χ1n) is 15.6. The van der Waals surface area contributed by atoms with E-state index in [0.29, 0.717) is 0 Å². The van der Waals surface area contributed by atoms with Gasteiger partial charge in [-0.15, -0.1) is 0 Å². The zero-order valence-corrected chi connectivity index (χ0v) is 25.3. The lowest BCUT2D eigenvalue weighted by molar-refractivity contribution is 0.487. The Morgan fingerprint density at radius 1 is 0.444 bits per heavy atom. The SMILES string of the molecule is CC1(C)c2ccccc2-c2ccc(N(c3ccccc3)c3ccc(-c4ccc5c6c(cccc46)-c4ccccc4O5)cc3)cc21. The van der Waals surface area contributed by atoms with E-state index in [0.717, 1.165) is 34.1 Å². The Bertz CT molecular complexity index is 2260. The van der Waals surface area contributed by atoms with Crippen LogP contribution in [-0.2, 0) is 5.41 Å². The van der Waals surface area contributed by atoms with Gasteiger partial charge in [-0.3, -0.25) is 0 Å². The number of fused-ring (bicyclic) bond motifs is 5. The van der Waals surface area contributed by atoms with E-state index >= 15 is 0 Å². The van der Waals surface area contributed by atoms with E-state index in [9.17, 15) is 0 Å². The fourth-order valence-corrected chi connectivity index (χ4v) is 7.48. The van der Waals surface area contributed by atoms with Crippen molar-refractivity contribution in [2.75, 3.05) is 4.90 Å². The molecule has 0 saturated heterocycles. The van der Waals surface area contributed by atoms with E-state index in [1.807, 2.05) is 12.1 Å². The molecule has 45 heavy (non-hydrogen) atoms. The number of benzene rings is 7. The van der Waals surface area contributed by atoms with Gasteiger partial charge in [-0.25, -0.2) is 0 Å². The first-order valence-corrected chi connectivity index (χ1v) is 15.6. The van der Waals surface area contributed by atoms with E-state index in [1.165, 1.54) is 49.7 Å². The Morgan fingerprint density at radius 3 is 1.93 bits per heavy atom. The summed E-state index contributed by atoms with van der Waals surface area (Å²) >= 11 is 0. The molecule has 2 aliphatic rings. The summed E-state index contributed by atoms with van der Waals surface area (Å²) in [5.41, 5.74) is 13.5. The molecule has 7 aromatic carbocycles. The van der Waals surface area contributed by atoms with Crippen LogP contribution in [-0.4, -0.2) is 0 Å². The predicted octanol–water partition coefficient (Wildman–Crippen LogP) is 12.1. The molecule has 0 spiro atoms. The topological polar surface area (TPSA) is 12.5 Å². The van der Waals surface area contributed by atoms with Crippen LogP contribution in [0.15, 0.2) is 152 Å². The molecule has 0 fully saturated rings. The van der Waals surface area contributed by atoms with Crippen LogP contribution in [0.25, 0.3) is 44.2 Å². The molecule has 7 aromatic rings. The van der Waals surface area contributed by atoms with Crippen LogP contribution in [0.1, 0.15) is 25.0 Å². The predicted molar refractivity (Wildman–Crippen MR) is 187 cm³/mol. The molecule has 0 unspecified atom stereocenters. The summed E-state index contributed by atoms with van der Waals surface area (Å²) in [6, 6.07) is 54.6. The second-order valence-corrected chi connectivity index (χ2v) is 12.6. The molecular weight excluding hydrogens is 546 g/mol. The van der Waals surface area contributed by atoms with Crippen LogP contribution < -0.4 is 9.64 Å². The summed E-state index contributed by atoms with van der Waals surface area (Å²) in [5, 5.41) is 2.37. The Kier molecular flexibility index (Phi) is 5.58. The van der Waals surface area contributed by atoms with Crippen molar-refractivity contribution in [3.8, 4) is 44.9 Å². The normalized spacial score (nSPS) is 13.5. The lowest BCUT2D eigenvalue weighted by Crippen LogP contribution is -2.16. The summed E-state index contributed by atoms with van der Waals surface area (Å²) in [6.07, 6.45) is 0. The van der Waals surface area contributed by atoms with Crippen molar-refractivity contribution in [1.29, 1.82) is 0 Å². The van der Waals surface area contributed by atoms with Crippen LogP contribution in [0.5, 0.6) is 11.5 Å². The van der Waals surface area contributed by atoms with Crippen molar-refractivity contribution in [3.05, 3.63) is 163 Å². The highest BCUT2D eigenvalue weighted by Crippen LogP contribution is 2.51. The lowest BCUT2D eigenvalue weighted by atomic mass is 9.82. The number of rotatable bonds is 4. The number of hydrogen-bond acceptors (Lipinski definition) is 2. The van der Waals surface area contributed by atoms with Crippen LogP contribution in [0, 0.1) is 0 Å². The largest absolute Gasteiger partial charge is 0.456 e. The first kappa shape index (κ1) is 25.9. The third-order valence-electron chi connectivity index (χ3n) is 9.68. The Labute approximate surface area is 263 Å². The van der Waals surface area contributed by atoms with Crippen molar-refractivity contribution in [3.63, 3.8) is 0 Å². The van der Waals surface area contributed by atoms with Crippen LogP contribution in [0.4, 0.5) is 17.1 Å². The second-order valence-electron chi connectivity index (χ2n) is 12.6. The van der Waals surface area contributed by atoms with Crippen molar-refractivity contribution in [2.24, 2.45) is 0 Å². The van der Waals surface area contributed by atoms with E-state index < -0.39 is 0 Å². The molecular formula is C43H31NO. The van der Waals surface area contributed by atoms with Crippen molar-refractivity contribution < 1.29 is 4.74 Å². The smallest absolute Gasteiger partial charge is 0.135 e. The van der Waals surface area contributed by atoms with Gasteiger partial charge in [0.05, 0.1) is 0 Å². The van der Waals surface area contributed by atoms with Gasteiger partial charge in [-0.2, -0.15) is 0 Å². The summed E-state index contributed by atoms with van der Waals surface area (Å²) < 4.78 is 6.35. The number of hydrogen-bond donors (Lipinski definition) is 0. The standard InChI is InChI=1S/C43H31NO/c1-43(2)38-17-8-6-13-33(38)34-24-23-31(27-39(34)43)44(29-11-4-3-5-12-29)30-21-19-28(20-22-30)32-25-26-41-42-36(32)15-10-16-37(42)35-14-7-9-18-40(35)45-41/h3-27H,1-2H3. The van der Waals surface area contributed by atoms with Crippen molar-refractivity contribution >= 4 is 27.8 Å². The molecule has 9 rings (SSSR count). The molecule has 1 aliphatic heterocycles. The van der Waals surface area contributed by atoms with Crippen LogP contribution in [0.3, 0.4) is 0 Å². The first-order chi connectivity index (χ1) is 22.1. The van der Waals surface area contributed by atoms with Gasteiger partial charge in [-0.05, 0) is 92.9 Å². The number of para-hydroxylation sites is 2. The molecule has 2 nitrogen and oxygen atoms in total. The molecule has 0 saturated carbocycles. The molecule has 1 aliphatic carbocycles. The van der Waals surface area contributed by atoms with E-state index in [1.54, 1.807) is 0 Å². The highest BCUT2D eigenvalue weighted by molar-refractivity contribution is 6.10.